The molecule has 1 aromatic heterocycles. The maximum absolute atomic E-state index is 14.1. The van der Waals surface area contributed by atoms with E-state index in [0.29, 0.717) is 35.3 Å². The molecule has 11 nitrogen and oxygen atoms in total. The Morgan fingerprint density at radius 2 is 1.84 bits per heavy atom. The number of hydrogen-bond acceptors (Lipinski definition) is 8. The third-order valence-electron chi connectivity index (χ3n) is 9.35. The Bertz CT molecular complexity index is 1270. The third-order valence-corrected chi connectivity index (χ3v) is 11.6. The van der Waals surface area contributed by atoms with Gasteiger partial charge < -0.3 is 25.8 Å². The zero-order valence-electron chi connectivity index (χ0n) is 25.0. The summed E-state index contributed by atoms with van der Waals surface area (Å²) in [6, 6.07) is 9.55. The fourth-order valence-corrected chi connectivity index (χ4v) is 9.06. The van der Waals surface area contributed by atoms with Crippen molar-refractivity contribution in [3.05, 3.63) is 58.7 Å². The second-order valence-electron chi connectivity index (χ2n) is 12.2. The maximum Gasteiger partial charge on any atom is 0.405 e. The summed E-state index contributed by atoms with van der Waals surface area (Å²) in [6.07, 6.45) is 7.44. The van der Waals surface area contributed by atoms with Gasteiger partial charge >= 0.3 is 6.09 Å². The van der Waals surface area contributed by atoms with E-state index in [1.54, 1.807) is 42.6 Å². The molecule has 2 amide bonds. The monoisotopic (exact) mass is 649 g/mol. The highest BCUT2D eigenvalue weighted by molar-refractivity contribution is 8.22. The summed E-state index contributed by atoms with van der Waals surface area (Å²) in [7, 11) is -1.26. The Balaban J connectivity index is 1.34. The van der Waals surface area contributed by atoms with E-state index in [0.717, 1.165) is 56.9 Å². The van der Waals surface area contributed by atoms with Crippen molar-refractivity contribution in [1.82, 2.24) is 25.2 Å². The van der Waals surface area contributed by atoms with E-state index in [1.165, 1.54) is 7.11 Å². The molecule has 44 heavy (non-hydrogen) atoms. The predicted molar refractivity (Wildman–Crippen MR) is 171 cm³/mol. The molecule has 2 saturated heterocycles. The van der Waals surface area contributed by atoms with Crippen molar-refractivity contribution < 1.29 is 28.5 Å². The van der Waals surface area contributed by atoms with Gasteiger partial charge in [-0.3, -0.25) is 13.9 Å². The van der Waals surface area contributed by atoms with Crippen LogP contribution in [0.3, 0.4) is 0 Å². The number of methoxy groups -OCH3 is 1. The van der Waals surface area contributed by atoms with Gasteiger partial charge in [-0.2, -0.15) is 0 Å². The molecule has 1 aliphatic carbocycles. The van der Waals surface area contributed by atoms with Crippen LogP contribution in [0.5, 0.6) is 5.88 Å². The number of nitrogens with one attached hydrogen (secondary N) is 3. The number of ether oxygens (including phenoxy) is 1. The largest absolute Gasteiger partial charge is 0.481 e. The van der Waals surface area contributed by atoms with Crippen LogP contribution in [-0.4, -0.2) is 85.6 Å². The van der Waals surface area contributed by atoms with Crippen LogP contribution >= 0.6 is 22.4 Å². The van der Waals surface area contributed by atoms with Gasteiger partial charge in [-0.25, -0.2) is 14.1 Å². The van der Waals surface area contributed by atoms with Crippen LogP contribution in [0.25, 0.3) is 0 Å². The number of carboxylic acid groups (broad SMARTS) is 1. The smallest absolute Gasteiger partial charge is 0.405 e. The SMILES string of the molecule is COc1ccc([C@H](c2ccc(Cl)cc2)[C@H](NC(=O)O)C(=O)N[C@H]2CCCC[C@@H]2CC[C@H]2CN[C@@H]3CCCS(O)(O)N2C3)cn1. The van der Waals surface area contributed by atoms with E-state index in [1.807, 2.05) is 4.31 Å². The number of hydrogen-bond donors (Lipinski definition) is 6. The summed E-state index contributed by atoms with van der Waals surface area (Å²) in [5.74, 6) is -0.0465. The normalized spacial score (nSPS) is 28.5. The summed E-state index contributed by atoms with van der Waals surface area (Å²) in [5.41, 5.74) is 1.37. The maximum atomic E-state index is 14.1. The van der Waals surface area contributed by atoms with Crippen molar-refractivity contribution in [2.45, 2.75) is 81.5 Å². The number of benzene rings is 1. The van der Waals surface area contributed by atoms with Gasteiger partial charge in [-0.15, -0.1) is 10.8 Å². The average Bonchev–Trinajstić information content (AvgIpc) is 3.13. The Kier molecular flexibility index (Phi) is 10.9. The van der Waals surface area contributed by atoms with Gasteiger partial charge in [-0.1, -0.05) is 42.6 Å². The van der Waals surface area contributed by atoms with Crippen LogP contribution < -0.4 is 20.7 Å². The van der Waals surface area contributed by atoms with Gasteiger partial charge in [-0.05, 0) is 67.7 Å². The van der Waals surface area contributed by atoms with Crippen LogP contribution in [-0.2, 0) is 4.79 Å². The Morgan fingerprint density at radius 1 is 1.09 bits per heavy atom. The summed E-state index contributed by atoms with van der Waals surface area (Å²) in [4.78, 5) is 30.4. The Hall–Kier alpha value is -2.61. The topological polar surface area (TPSA) is 156 Å². The molecule has 3 heterocycles. The first-order valence-electron chi connectivity index (χ1n) is 15.5. The van der Waals surface area contributed by atoms with Crippen molar-refractivity contribution in [3.8, 4) is 5.88 Å². The number of nitrogens with zero attached hydrogens (tertiary/aromatic N) is 2. The summed E-state index contributed by atoms with van der Waals surface area (Å²) < 4.78 is 28.9. The van der Waals surface area contributed by atoms with Gasteiger partial charge in [0.15, 0.2) is 0 Å². The van der Waals surface area contributed by atoms with Gasteiger partial charge in [0.25, 0.3) is 0 Å². The lowest BCUT2D eigenvalue weighted by atomic mass is 9.80. The highest BCUT2D eigenvalue weighted by Gasteiger charge is 2.40. The van der Waals surface area contributed by atoms with Crippen molar-refractivity contribution >= 4 is 34.4 Å². The van der Waals surface area contributed by atoms with E-state index in [9.17, 15) is 23.8 Å². The zero-order chi connectivity index (χ0) is 31.3. The number of aromatic nitrogens is 1. The lowest BCUT2D eigenvalue weighted by molar-refractivity contribution is -0.124. The van der Waals surface area contributed by atoms with Gasteiger partial charge in [0.2, 0.25) is 11.8 Å². The molecule has 0 spiro atoms. The second-order valence-corrected chi connectivity index (χ2v) is 14.7. The van der Waals surface area contributed by atoms with E-state index < -0.39 is 34.7 Å². The first kappa shape index (κ1) is 32.8. The number of pyridine rings is 1. The summed E-state index contributed by atoms with van der Waals surface area (Å²) in [5, 5.41) is 19.7. The lowest BCUT2D eigenvalue weighted by Crippen LogP contribution is -2.56. The van der Waals surface area contributed by atoms with Gasteiger partial charge in [0.1, 0.15) is 6.04 Å². The number of carbonyl (C=O) groups excluding carboxylic acids is 1. The molecule has 1 aromatic carbocycles. The fraction of sp³-hybridized carbons (Fsp3) is 0.581. The van der Waals surface area contributed by atoms with Crippen molar-refractivity contribution in [3.63, 3.8) is 0 Å². The Morgan fingerprint density at radius 3 is 2.55 bits per heavy atom. The predicted octanol–water partition coefficient (Wildman–Crippen LogP) is 5.07. The molecule has 13 heteroatoms. The van der Waals surface area contributed by atoms with Crippen LogP contribution in [0, 0.1) is 5.92 Å². The molecule has 1 unspecified atom stereocenters. The zero-order valence-corrected chi connectivity index (χ0v) is 26.6. The van der Waals surface area contributed by atoms with E-state index in [-0.39, 0.29) is 24.0 Å². The number of halogens is 1. The fourth-order valence-electron chi connectivity index (χ4n) is 7.07. The standard InChI is InChI=1S/C31H44ClN5O6S/c1-43-27-15-11-22(17-34-27)28(21-8-12-23(32)13-9-21)29(36-31(39)40)30(38)35-26-7-3-2-5-20(26)10-14-25-18-33-24-6-4-16-44(41,42)37(25)19-24/h8-9,11-13,15,17,20,24-26,28-29,33,36,41-42H,2-7,10,14,16,18-19H2,1H3,(H,35,38)(H,39,40)/t20-,24-,25+,26+,28+,29+/m1/s1. The van der Waals surface area contributed by atoms with Crippen molar-refractivity contribution in [2.75, 3.05) is 26.0 Å². The molecule has 1 saturated carbocycles. The third kappa shape index (κ3) is 7.96. The minimum atomic E-state index is -2.78. The van der Waals surface area contributed by atoms with Gasteiger partial charge in [0, 0.05) is 54.4 Å². The average molecular weight is 650 g/mol. The molecular weight excluding hydrogens is 606 g/mol. The molecule has 3 aliphatic rings. The van der Waals surface area contributed by atoms with E-state index in [4.69, 9.17) is 16.3 Å². The number of fused-ring (bicyclic) bond motifs is 2. The first-order chi connectivity index (χ1) is 21.1. The van der Waals surface area contributed by atoms with Crippen LogP contribution in [0.2, 0.25) is 5.02 Å². The number of rotatable bonds is 10. The number of amides is 2. The van der Waals surface area contributed by atoms with Crippen LogP contribution in [0.4, 0.5) is 4.79 Å². The second kappa shape index (κ2) is 14.7. The highest BCUT2D eigenvalue weighted by atomic mass is 35.5. The summed E-state index contributed by atoms with van der Waals surface area (Å²) >= 11 is 6.16. The molecule has 6 N–H and O–H groups in total. The quantitative estimate of drug-likeness (QED) is 0.207. The molecule has 3 fully saturated rings. The molecule has 0 radical (unpaired) electrons. The minimum absolute atomic E-state index is 0.0194. The van der Waals surface area contributed by atoms with Gasteiger partial charge in [0.05, 0.1) is 12.9 Å². The molecule has 2 aromatic rings. The van der Waals surface area contributed by atoms with Crippen LogP contribution in [0.15, 0.2) is 42.6 Å². The van der Waals surface area contributed by atoms with E-state index in [2.05, 4.69) is 20.9 Å². The summed E-state index contributed by atoms with van der Waals surface area (Å²) in [6.45, 7) is 1.36. The molecule has 5 rings (SSSR count). The molecule has 2 bridgehead atoms. The first-order valence-corrected chi connectivity index (χ1v) is 17.5. The highest BCUT2D eigenvalue weighted by Crippen LogP contribution is 2.49. The van der Waals surface area contributed by atoms with Crippen molar-refractivity contribution in [1.29, 1.82) is 0 Å². The number of carbonyl (C=O) groups is 2. The molecule has 2 aliphatic heterocycles. The van der Waals surface area contributed by atoms with Crippen LogP contribution in [0.1, 0.15) is 68.4 Å². The molecule has 7 atom stereocenters. The van der Waals surface area contributed by atoms with E-state index >= 15 is 0 Å². The van der Waals surface area contributed by atoms with Crippen molar-refractivity contribution in [2.24, 2.45) is 5.92 Å². The number of piperazine rings is 1. The molecule has 242 valence electrons. The lowest BCUT2D eigenvalue weighted by Gasteiger charge is -2.49. The molecular formula is C31H44ClN5O6S. The minimum Gasteiger partial charge on any atom is -0.481 e. The Labute approximate surface area is 265 Å².